The Bertz CT molecular complexity index is 2120. The lowest BCUT2D eigenvalue weighted by Gasteiger charge is -2.25. The molecule has 11 nitrogen and oxygen atoms in total. The number of alkyl halides is 3. The van der Waals surface area contributed by atoms with E-state index in [4.69, 9.17) is 14.2 Å². The molecule has 1 atom stereocenters. The number of likely N-dealkylation sites (N-methyl/N-ethyl adjacent to an activating group) is 1. The van der Waals surface area contributed by atoms with Crippen LogP contribution >= 0.6 is 11.3 Å². The van der Waals surface area contributed by atoms with Crippen molar-refractivity contribution in [1.29, 1.82) is 0 Å². The van der Waals surface area contributed by atoms with Crippen molar-refractivity contribution in [2.75, 3.05) is 45.8 Å². The number of aldehydes is 1. The number of rotatable bonds is 16. The van der Waals surface area contributed by atoms with E-state index >= 15 is 0 Å². The first kappa shape index (κ1) is 37.2. The molecule has 0 bridgehead atoms. The number of halogens is 3. The molecule has 1 unspecified atom stereocenters. The van der Waals surface area contributed by atoms with Crippen LogP contribution in [0.3, 0.4) is 0 Å². The molecular weight excluding hydrogens is 712 g/mol. The number of pyridine rings is 1. The number of benzene rings is 3. The predicted octanol–water partition coefficient (Wildman–Crippen LogP) is 6.61. The molecule has 2 amide bonds. The van der Waals surface area contributed by atoms with E-state index in [0.29, 0.717) is 52.7 Å². The quantitative estimate of drug-likeness (QED) is 0.0846. The monoisotopic (exact) mass is 747 g/mol. The minimum Gasteiger partial charge on any atom is -0.497 e. The Balaban J connectivity index is 1.00. The van der Waals surface area contributed by atoms with E-state index in [-0.39, 0.29) is 55.0 Å². The number of amides is 2. The molecule has 5 aromatic rings. The van der Waals surface area contributed by atoms with Gasteiger partial charge in [0.1, 0.15) is 41.3 Å². The van der Waals surface area contributed by atoms with E-state index < -0.39 is 17.8 Å². The van der Waals surface area contributed by atoms with Crippen molar-refractivity contribution in [3.8, 4) is 33.2 Å². The van der Waals surface area contributed by atoms with Gasteiger partial charge in [-0.2, -0.15) is 13.2 Å². The summed E-state index contributed by atoms with van der Waals surface area (Å²) in [7, 11) is 3.02. The van der Waals surface area contributed by atoms with E-state index in [9.17, 15) is 27.6 Å². The molecule has 0 aliphatic carbocycles. The molecule has 0 spiro atoms. The molecule has 3 aromatic carbocycles. The minimum absolute atomic E-state index is 0.00582. The van der Waals surface area contributed by atoms with Gasteiger partial charge < -0.3 is 34.5 Å². The average Bonchev–Trinajstić information content (AvgIpc) is 3.74. The molecule has 0 saturated carbocycles. The molecule has 0 radical (unpaired) electrons. The molecular formula is C38H36F3N5O6S. The fourth-order valence-corrected chi connectivity index (χ4v) is 7.09. The summed E-state index contributed by atoms with van der Waals surface area (Å²) in [4.78, 5) is 46.5. The standard InChI is InChI=1S/C38H36F3N5O6S/c1-42-35(48)32(4-3-14-47)46-22-25-18-27(6-9-28(25)37(46)49)52-17-16-51-15-13-44-34-20-24(11-12-43-34)23-5-8-29(30(19-23)38(39,40)41)36-45-31-10-7-26(50-2)21-33(31)53-36/h5-12,14,18-21,32H,3-4,13,15-17,22H2,1-2H3,(H,42,48)(H,43,44). The van der Waals surface area contributed by atoms with Gasteiger partial charge in [-0.3, -0.25) is 9.59 Å². The number of nitrogens with zero attached hydrogens (tertiary/aromatic N) is 3. The van der Waals surface area contributed by atoms with Crippen molar-refractivity contribution < 1.29 is 41.8 Å². The molecule has 2 N–H and O–H groups in total. The molecule has 0 fully saturated rings. The first-order valence-electron chi connectivity index (χ1n) is 16.8. The zero-order valence-corrected chi connectivity index (χ0v) is 29.7. The van der Waals surface area contributed by atoms with Crippen LogP contribution in [0.25, 0.3) is 31.9 Å². The zero-order chi connectivity index (χ0) is 37.5. The van der Waals surface area contributed by atoms with E-state index in [1.54, 1.807) is 54.6 Å². The van der Waals surface area contributed by atoms with Gasteiger partial charge in [0.2, 0.25) is 5.91 Å². The van der Waals surface area contributed by atoms with Crippen molar-refractivity contribution in [3.05, 3.63) is 89.6 Å². The highest BCUT2D eigenvalue weighted by Crippen LogP contribution is 2.42. The van der Waals surface area contributed by atoms with E-state index in [0.717, 1.165) is 22.6 Å². The number of carbonyl (C=O) groups is 3. The van der Waals surface area contributed by atoms with Gasteiger partial charge in [-0.15, -0.1) is 11.3 Å². The maximum Gasteiger partial charge on any atom is 0.417 e. The second kappa shape index (κ2) is 16.4. The fraction of sp³-hybridized carbons (Fsp3) is 0.289. The molecule has 1 aliphatic rings. The molecule has 3 heterocycles. The number of nitrogens with one attached hydrogen (secondary N) is 2. The van der Waals surface area contributed by atoms with Crippen LogP contribution in [-0.4, -0.2) is 79.5 Å². The van der Waals surface area contributed by atoms with Gasteiger partial charge >= 0.3 is 6.18 Å². The summed E-state index contributed by atoms with van der Waals surface area (Å²) in [6, 6.07) is 17.1. The normalized spacial score (nSPS) is 13.2. The Morgan fingerprint density at radius 1 is 1.00 bits per heavy atom. The Kier molecular flexibility index (Phi) is 11.5. The minimum atomic E-state index is -4.60. The lowest BCUT2D eigenvalue weighted by atomic mass is 9.99. The predicted molar refractivity (Wildman–Crippen MR) is 194 cm³/mol. The zero-order valence-electron chi connectivity index (χ0n) is 28.9. The van der Waals surface area contributed by atoms with E-state index in [1.807, 2.05) is 0 Å². The number of ether oxygens (including phenoxy) is 3. The molecule has 53 heavy (non-hydrogen) atoms. The SMILES string of the molecule is CNC(=O)C(CCC=O)N1Cc2cc(OCCOCCNc3cc(-c4ccc(-c5nc6ccc(OC)cc6s5)c(C(F)(F)F)c4)ccn3)ccc2C1=O. The van der Waals surface area contributed by atoms with Crippen LogP contribution in [0.4, 0.5) is 19.0 Å². The number of methoxy groups -OCH3 is 1. The third-order valence-corrected chi connectivity index (χ3v) is 9.74. The summed E-state index contributed by atoms with van der Waals surface area (Å²) in [5, 5.41) is 5.97. The Morgan fingerprint density at radius 2 is 1.79 bits per heavy atom. The van der Waals surface area contributed by atoms with Crippen LogP contribution in [-0.2, 0) is 27.0 Å². The lowest BCUT2D eigenvalue weighted by molar-refractivity contribution is -0.137. The van der Waals surface area contributed by atoms with Crippen molar-refractivity contribution in [2.24, 2.45) is 0 Å². The van der Waals surface area contributed by atoms with E-state index in [1.165, 1.54) is 42.7 Å². The Hall–Kier alpha value is -5.54. The molecule has 276 valence electrons. The first-order valence-corrected chi connectivity index (χ1v) is 17.6. The van der Waals surface area contributed by atoms with Gasteiger partial charge in [0.25, 0.3) is 5.91 Å². The van der Waals surface area contributed by atoms with Crippen LogP contribution in [0, 0.1) is 0 Å². The highest BCUT2D eigenvalue weighted by Gasteiger charge is 2.36. The topological polar surface area (TPSA) is 132 Å². The summed E-state index contributed by atoms with van der Waals surface area (Å²) >= 11 is 1.17. The van der Waals surface area contributed by atoms with Gasteiger partial charge in [-0.1, -0.05) is 12.1 Å². The molecule has 0 saturated heterocycles. The van der Waals surface area contributed by atoms with Gasteiger partial charge in [0, 0.05) is 43.9 Å². The summed E-state index contributed by atoms with van der Waals surface area (Å²) in [5.74, 6) is 1.03. The number of carbonyl (C=O) groups excluding carboxylic acids is 3. The van der Waals surface area contributed by atoms with Gasteiger partial charge in [-0.25, -0.2) is 9.97 Å². The maximum absolute atomic E-state index is 14.3. The smallest absolute Gasteiger partial charge is 0.417 e. The molecule has 1 aliphatic heterocycles. The van der Waals surface area contributed by atoms with Gasteiger partial charge in [0.05, 0.1) is 36.1 Å². The lowest BCUT2D eigenvalue weighted by Crippen LogP contribution is -2.46. The Labute approximate surface area is 307 Å². The van der Waals surface area contributed by atoms with Crippen LogP contribution in [0.1, 0.15) is 34.3 Å². The average molecular weight is 748 g/mol. The van der Waals surface area contributed by atoms with Crippen molar-refractivity contribution >= 4 is 45.5 Å². The van der Waals surface area contributed by atoms with Crippen molar-refractivity contribution in [3.63, 3.8) is 0 Å². The number of hydrogen-bond acceptors (Lipinski definition) is 10. The number of hydrogen-bond donors (Lipinski definition) is 2. The molecule has 2 aromatic heterocycles. The summed E-state index contributed by atoms with van der Waals surface area (Å²) in [6.07, 6.45) is -1.95. The molecule has 6 rings (SSSR count). The van der Waals surface area contributed by atoms with Crippen LogP contribution in [0.2, 0.25) is 0 Å². The number of anilines is 1. The fourth-order valence-electron chi connectivity index (χ4n) is 6.05. The molecule has 15 heteroatoms. The number of thiazole rings is 1. The highest BCUT2D eigenvalue weighted by molar-refractivity contribution is 7.21. The Morgan fingerprint density at radius 3 is 2.57 bits per heavy atom. The maximum atomic E-state index is 14.3. The first-order chi connectivity index (χ1) is 25.6. The largest absolute Gasteiger partial charge is 0.497 e. The second-order valence-corrected chi connectivity index (χ2v) is 13.1. The van der Waals surface area contributed by atoms with Gasteiger partial charge in [0.15, 0.2) is 0 Å². The summed E-state index contributed by atoms with van der Waals surface area (Å²) < 4.78 is 60.4. The van der Waals surface area contributed by atoms with Crippen molar-refractivity contribution in [2.45, 2.75) is 31.6 Å². The third kappa shape index (κ3) is 8.58. The van der Waals surface area contributed by atoms with Crippen molar-refractivity contribution in [1.82, 2.24) is 20.2 Å². The van der Waals surface area contributed by atoms with Crippen LogP contribution in [0.15, 0.2) is 72.9 Å². The summed E-state index contributed by atoms with van der Waals surface area (Å²) in [6.45, 7) is 1.45. The van der Waals surface area contributed by atoms with Crippen LogP contribution in [0.5, 0.6) is 11.5 Å². The van der Waals surface area contributed by atoms with Gasteiger partial charge in [-0.05, 0) is 77.7 Å². The highest BCUT2D eigenvalue weighted by atomic mass is 32.1. The number of fused-ring (bicyclic) bond motifs is 2. The number of aromatic nitrogens is 2. The third-order valence-electron chi connectivity index (χ3n) is 8.69. The van der Waals surface area contributed by atoms with Crippen LogP contribution < -0.4 is 20.1 Å². The second-order valence-electron chi connectivity index (χ2n) is 12.1. The van der Waals surface area contributed by atoms with E-state index in [2.05, 4.69) is 20.6 Å². The summed E-state index contributed by atoms with van der Waals surface area (Å²) in [5.41, 5.74) is 1.99.